The fourth-order valence-electron chi connectivity index (χ4n) is 4.42. The lowest BCUT2D eigenvalue weighted by molar-refractivity contribution is 0.0995. The van der Waals surface area contributed by atoms with Gasteiger partial charge in [-0.25, -0.2) is 0 Å². The van der Waals surface area contributed by atoms with Crippen molar-refractivity contribution in [2.45, 2.75) is 25.8 Å². The Hall–Kier alpha value is -3.31. The topological polar surface area (TPSA) is 58.6 Å². The number of fused-ring (bicyclic) bond motifs is 1. The number of hydrogen-bond donors (Lipinski definition) is 1. The van der Waals surface area contributed by atoms with Crippen molar-refractivity contribution < 1.29 is 13.6 Å². The number of nitrogens with zero attached hydrogens (tertiary/aromatic N) is 1. The molecule has 5 rings (SSSR count). The molecule has 2 aromatic carbocycles. The molecule has 0 saturated carbocycles. The van der Waals surface area contributed by atoms with Crippen LogP contribution in [0.1, 0.15) is 47.7 Å². The molecule has 1 amide bonds. The van der Waals surface area contributed by atoms with Crippen molar-refractivity contribution >= 4 is 22.6 Å². The lowest BCUT2D eigenvalue weighted by Gasteiger charge is -2.36. The van der Waals surface area contributed by atoms with Gasteiger partial charge in [0.15, 0.2) is 5.76 Å². The Morgan fingerprint density at radius 2 is 1.74 bits per heavy atom. The van der Waals surface area contributed by atoms with Crippen molar-refractivity contribution in [3.63, 3.8) is 0 Å². The number of likely N-dealkylation sites (tertiary alicyclic amines) is 1. The summed E-state index contributed by atoms with van der Waals surface area (Å²) >= 11 is 0. The van der Waals surface area contributed by atoms with Gasteiger partial charge in [0.2, 0.25) is 0 Å². The second-order valence-corrected chi connectivity index (χ2v) is 8.30. The predicted octanol–water partition coefficient (Wildman–Crippen LogP) is 6.10. The molecule has 1 fully saturated rings. The molecule has 4 aromatic rings. The smallest absolute Gasteiger partial charge is 0.291 e. The number of hydrogen-bond acceptors (Lipinski definition) is 4. The zero-order chi connectivity index (χ0) is 21.2. The molecule has 2 aromatic heterocycles. The quantitative estimate of drug-likeness (QED) is 0.429. The van der Waals surface area contributed by atoms with Crippen LogP contribution in [-0.2, 0) is 0 Å². The molecule has 31 heavy (non-hydrogen) atoms. The van der Waals surface area contributed by atoms with Crippen molar-refractivity contribution in [1.82, 2.24) is 4.90 Å². The molecule has 0 aliphatic carbocycles. The van der Waals surface area contributed by atoms with Crippen LogP contribution in [0.15, 0.2) is 81.8 Å². The van der Waals surface area contributed by atoms with Gasteiger partial charge in [-0.2, -0.15) is 0 Å². The van der Waals surface area contributed by atoms with Crippen molar-refractivity contribution in [2.24, 2.45) is 5.92 Å². The van der Waals surface area contributed by atoms with Crippen LogP contribution in [-0.4, -0.2) is 23.9 Å². The van der Waals surface area contributed by atoms with Crippen LogP contribution in [0.2, 0.25) is 0 Å². The highest BCUT2D eigenvalue weighted by molar-refractivity contribution is 6.08. The van der Waals surface area contributed by atoms with Crippen molar-refractivity contribution in [2.75, 3.05) is 18.4 Å². The minimum absolute atomic E-state index is 0.0759. The number of carbonyl (C=O) groups is 1. The molecule has 158 valence electrons. The van der Waals surface area contributed by atoms with E-state index in [0.29, 0.717) is 5.69 Å². The zero-order valence-corrected chi connectivity index (χ0v) is 17.6. The second kappa shape index (κ2) is 8.44. The van der Waals surface area contributed by atoms with Gasteiger partial charge in [-0.15, -0.1) is 0 Å². The maximum Gasteiger partial charge on any atom is 0.291 e. The van der Waals surface area contributed by atoms with Gasteiger partial charge < -0.3 is 14.2 Å². The molecule has 5 heteroatoms. The predicted molar refractivity (Wildman–Crippen MR) is 121 cm³/mol. The summed E-state index contributed by atoms with van der Waals surface area (Å²) in [6.07, 6.45) is 3.81. The lowest BCUT2D eigenvalue weighted by Crippen LogP contribution is -2.37. The van der Waals surface area contributed by atoms with Gasteiger partial charge in [-0.05, 0) is 61.7 Å². The van der Waals surface area contributed by atoms with E-state index in [-0.39, 0.29) is 17.7 Å². The van der Waals surface area contributed by atoms with Crippen molar-refractivity contribution in [3.8, 4) is 0 Å². The maximum atomic E-state index is 12.9. The summed E-state index contributed by atoms with van der Waals surface area (Å²) in [5.41, 5.74) is 2.63. The van der Waals surface area contributed by atoms with Crippen LogP contribution < -0.4 is 5.32 Å². The average Bonchev–Trinajstić information content (AvgIpc) is 3.45. The number of carbonyl (C=O) groups excluding carboxylic acids is 1. The first-order valence-electron chi connectivity index (χ1n) is 10.9. The Labute approximate surface area is 181 Å². The summed E-state index contributed by atoms with van der Waals surface area (Å²) < 4.78 is 11.7. The number of anilines is 1. The van der Waals surface area contributed by atoms with Crippen LogP contribution in [0.4, 0.5) is 5.69 Å². The Bertz CT molecular complexity index is 1160. The summed E-state index contributed by atoms with van der Waals surface area (Å²) in [7, 11) is 0. The minimum atomic E-state index is -0.281. The summed E-state index contributed by atoms with van der Waals surface area (Å²) in [5, 5.41) is 3.97. The Balaban J connectivity index is 1.62. The van der Waals surface area contributed by atoms with E-state index in [1.807, 2.05) is 30.3 Å². The van der Waals surface area contributed by atoms with E-state index in [4.69, 9.17) is 8.83 Å². The Kier molecular flexibility index (Phi) is 5.35. The van der Waals surface area contributed by atoms with Gasteiger partial charge in [0.05, 0.1) is 18.0 Å². The third-order valence-electron chi connectivity index (χ3n) is 6.15. The zero-order valence-electron chi connectivity index (χ0n) is 17.6. The fraction of sp³-hybridized carbons (Fsp3) is 0.269. The SMILES string of the molecule is CC1CCN([C@H](c2ccccc2)c2oc3ccccc3c2NC(=O)c2ccco2)CC1. The number of amides is 1. The molecule has 1 saturated heterocycles. The van der Waals surface area contributed by atoms with Crippen LogP contribution in [0.25, 0.3) is 11.0 Å². The molecule has 0 unspecified atom stereocenters. The van der Waals surface area contributed by atoms with Crippen LogP contribution in [0.3, 0.4) is 0 Å². The highest BCUT2D eigenvalue weighted by Gasteiger charge is 2.32. The summed E-state index contributed by atoms with van der Waals surface area (Å²) in [5.74, 6) is 1.49. The number of nitrogens with one attached hydrogen (secondary N) is 1. The number of benzene rings is 2. The molecular formula is C26H26N2O3. The maximum absolute atomic E-state index is 12.9. The third-order valence-corrected chi connectivity index (χ3v) is 6.15. The first kappa shape index (κ1) is 19.6. The van der Waals surface area contributed by atoms with Crippen LogP contribution in [0.5, 0.6) is 0 Å². The monoisotopic (exact) mass is 414 g/mol. The average molecular weight is 415 g/mol. The Morgan fingerprint density at radius 1 is 1.00 bits per heavy atom. The molecule has 0 radical (unpaired) electrons. The highest BCUT2D eigenvalue weighted by Crippen LogP contribution is 2.41. The Morgan fingerprint density at radius 3 is 2.48 bits per heavy atom. The highest BCUT2D eigenvalue weighted by atomic mass is 16.3. The van der Waals surface area contributed by atoms with Gasteiger partial charge >= 0.3 is 0 Å². The van der Waals surface area contributed by atoms with Crippen molar-refractivity contribution in [3.05, 3.63) is 90.1 Å². The fourth-order valence-corrected chi connectivity index (χ4v) is 4.42. The van der Waals surface area contributed by atoms with E-state index in [1.54, 1.807) is 12.1 Å². The van der Waals surface area contributed by atoms with E-state index < -0.39 is 0 Å². The number of furan rings is 2. The summed E-state index contributed by atoms with van der Waals surface area (Å²) in [6.45, 7) is 4.29. The van der Waals surface area contributed by atoms with Gasteiger partial charge in [0.1, 0.15) is 11.3 Å². The van der Waals surface area contributed by atoms with Gasteiger partial charge in [-0.1, -0.05) is 49.4 Å². The molecule has 0 bridgehead atoms. The second-order valence-electron chi connectivity index (χ2n) is 8.30. The largest absolute Gasteiger partial charge is 0.459 e. The molecule has 3 heterocycles. The van der Waals surface area contributed by atoms with E-state index in [1.165, 1.54) is 6.26 Å². The van der Waals surface area contributed by atoms with Gasteiger partial charge in [-0.3, -0.25) is 9.69 Å². The molecule has 1 aliphatic heterocycles. The van der Waals surface area contributed by atoms with Crippen LogP contribution in [0, 0.1) is 5.92 Å². The van der Waals surface area contributed by atoms with E-state index in [0.717, 1.165) is 54.1 Å². The molecule has 5 nitrogen and oxygen atoms in total. The van der Waals surface area contributed by atoms with E-state index >= 15 is 0 Å². The van der Waals surface area contributed by atoms with Gasteiger partial charge in [0.25, 0.3) is 5.91 Å². The minimum Gasteiger partial charge on any atom is -0.459 e. The molecule has 1 atom stereocenters. The first-order chi connectivity index (χ1) is 15.2. The molecular weight excluding hydrogens is 388 g/mol. The molecule has 1 aliphatic rings. The number of rotatable bonds is 5. The lowest BCUT2D eigenvalue weighted by atomic mass is 9.94. The standard InChI is InChI=1S/C26H26N2O3/c1-18-13-15-28(16-14-18)24(19-8-3-2-4-9-19)25-23(20-10-5-6-11-21(20)31-25)27-26(29)22-12-7-17-30-22/h2-12,17-18,24H,13-16H2,1H3,(H,27,29)/t24-/m1/s1. The van der Waals surface area contributed by atoms with E-state index in [9.17, 15) is 4.79 Å². The molecule has 1 N–H and O–H groups in total. The first-order valence-corrected chi connectivity index (χ1v) is 10.9. The van der Waals surface area contributed by atoms with E-state index in [2.05, 4.69) is 41.4 Å². The molecule has 0 spiro atoms. The summed E-state index contributed by atoms with van der Waals surface area (Å²) in [4.78, 5) is 15.4. The number of para-hydroxylation sites is 1. The van der Waals surface area contributed by atoms with Gasteiger partial charge in [0, 0.05) is 5.39 Å². The van der Waals surface area contributed by atoms with Crippen LogP contribution >= 0.6 is 0 Å². The van der Waals surface area contributed by atoms with Crippen molar-refractivity contribution in [1.29, 1.82) is 0 Å². The third kappa shape index (κ3) is 3.89. The number of piperidine rings is 1. The normalized spacial score (nSPS) is 16.4. The summed E-state index contributed by atoms with van der Waals surface area (Å²) in [6, 6.07) is 21.5.